The van der Waals surface area contributed by atoms with E-state index in [0.29, 0.717) is 6.54 Å². The maximum absolute atomic E-state index is 12.0. The summed E-state index contributed by atoms with van der Waals surface area (Å²) in [5.41, 5.74) is 0. The van der Waals surface area contributed by atoms with Crippen molar-refractivity contribution in [3.8, 4) is 0 Å². The van der Waals surface area contributed by atoms with E-state index < -0.39 is 0 Å². The first kappa shape index (κ1) is 15.3. The fourth-order valence-electron chi connectivity index (χ4n) is 2.12. The van der Waals surface area contributed by atoms with Crippen LogP contribution in [0.5, 0.6) is 0 Å². The number of aryl methyl sites for hydroxylation is 1. The van der Waals surface area contributed by atoms with Gasteiger partial charge in [0.25, 0.3) is 0 Å². The van der Waals surface area contributed by atoms with Crippen molar-refractivity contribution in [3.63, 3.8) is 0 Å². The van der Waals surface area contributed by atoms with Gasteiger partial charge in [-0.3, -0.25) is 10.1 Å². The molecule has 0 aliphatic rings. The molecule has 0 spiro atoms. The number of amides is 1. The van der Waals surface area contributed by atoms with Crippen molar-refractivity contribution < 1.29 is 9.21 Å². The van der Waals surface area contributed by atoms with Gasteiger partial charge < -0.3 is 14.3 Å². The smallest absolute Gasteiger partial charge is 0.236 e. The Morgan fingerprint density at radius 3 is 2.90 bits per heavy atom. The number of hydrogen-bond donors (Lipinski definition) is 2. The predicted octanol–water partition coefficient (Wildman–Crippen LogP) is 1.61. The van der Waals surface area contributed by atoms with E-state index in [9.17, 15) is 4.79 Å². The van der Waals surface area contributed by atoms with Crippen molar-refractivity contribution >= 4 is 5.91 Å². The molecule has 114 valence electrons. The Labute approximate surface area is 124 Å². The highest BCUT2D eigenvalue weighted by Crippen LogP contribution is 2.21. The zero-order chi connectivity index (χ0) is 15.2. The minimum absolute atomic E-state index is 0.0254. The van der Waals surface area contributed by atoms with Crippen molar-refractivity contribution in [2.24, 2.45) is 7.05 Å². The Hall–Kier alpha value is -2.08. The minimum Gasteiger partial charge on any atom is -0.467 e. The summed E-state index contributed by atoms with van der Waals surface area (Å²) in [6.45, 7) is 4.54. The van der Waals surface area contributed by atoms with E-state index in [-0.39, 0.29) is 18.0 Å². The monoisotopic (exact) mass is 290 g/mol. The first-order valence-corrected chi connectivity index (χ1v) is 7.17. The second kappa shape index (κ2) is 7.08. The van der Waals surface area contributed by atoms with Gasteiger partial charge in [0, 0.05) is 26.0 Å². The largest absolute Gasteiger partial charge is 0.467 e. The highest BCUT2D eigenvalue weighted by Gasteiger charge is 2.25. The summed E-state index contributed by atoms with van der Waals surface area (Å²) >= 11 is 0. The summed E-state index contributed by atoms with van der Waals surface area (Å²) in [6, 6.07) is 3.10. The maximum atomic E-state index is 12.0. The van der Waals surface area contributed by atoms with E-state index in [2.05, 4.69) is 15.6 Å². The van der Waals surface area contributed by atoms with Gasteiger partial charge >= 0.3 is 0 Å². The molecule has 1 amide bonds. The van der Waals surface area contributed by atoms with Crippen molar-refractivity contribution in [3.05, 3.63) is 42.4 Å². The summed E-state index contributed by atoms with van der Waals surface area (Å²) < 4.78 is 7.40. The predicted molar refractivity (Wildman–Crippen MR) is 79.7 cm³/mol. The van der Waals surface area contributed by atoms with Gasteiger partial charge in [0.05, 0.1) is 12.3 Å². The van der Waals surface area contributed by atoms with E-state index in [1.807, 2.05) is 43.8 Å². The van der Waals surface area contributed by atoms with Crippen LogP contribution >= 0.6 is 0 Å². The minimum atomic E-state index is -0.344. The average Bonchev–Trinajstić information content (AvgIpc) is 3.13. The van der Waals surface area contributed by atoms with E-state index in [1.54, 1.807) is 12.5 Å². The van der Waals surface area contributed by atoms with E-state index >= 15 is 0 Å². The Kier molecular flexibility index (Phi) is 5.16. The summed E-state index contributed by atoms with van der Waals surface area (Å²) in [7, 11) is 1.92. The lowest BCUT2D eigenvalue weighted by atomic mass is 10.1. The van der Waals surface area contributed by atoms with Crippen molar-refractivity contribution in [1.82, 2.24) is 20.2 Å². The van der Waals surface area contributed by atoms with Crippen molar-refractivity contribution in [1.29, 1.82) is 0 Å². The van der Waals surface area contributed by atoms with E-state index in [4.69, 9.17) is 4.42 Å². The number of imidazole rings is 1. The second-order valence-corrected chi connectivity index (χ2v) is 5.02. The van der Waals surface area contributed by atoms with Crippen LogP contribution in [-0.2, 0) is 11.8 Å². The second-order valence-electron chi connectivity index (χ2n) is 5.02. The van der Waals surface area contributed by atoms with Gasteiger partial charge in [-0.1, -0.05) is 6.92 Å². The quantitative estimate of drug-likeness (QED) is 0.812. The fourth-order valence-corrected chi connectivity index (χ4v) is 2.12. The van der Waals surface area contributed by atoms with Crippen LogP contribution in [0, 0.1) is 0 Å². The summed E-state index contributed by atoms with van der Waals surface area (Å²) in [6.07, 6.45) is 6.14. The molecule has 0 aliphatic carbocycles. The van der Waals surface area contributed by atoms with Crippen LogP contribution in [0.2, 0.25) is 0 Å². The van der Waals surface area contributed by atoms with Gasteiger partial charge in [0.2, 0.25) is 5.91 Å². The van der Waals surface area contributed by atoms with Crippen LogP contribution in [0.4, 0.5) is 0 Å². The number of carbonyl (C=O) groups is 1. The van der Waals surface area contributed by atoms with Crippen LogP contribution < -0.4 is 10.6 Å². The van der Waals surface area contributed by atoms with Crippen LogP contribution in [0.15, 0.2) is 35.2 Å². The molecular weight excluding hydrogens is 268 g/mol. The van der Waals surface area contributed by atoms with E-state index in [0.717, 1.165) is 18.0 Å². The van der Waals surface area contributed by atoms with Gasteiger partial charge in [-0.25, -0.2) is 4.98 Å². The van der Waals surface area contributed by atoms with Gasteiger partial charge in [-0.05, 0) is 25.5 Å². The number of aromatic nitrogens is 2. The Morgan fingerprint density at radius 1 is 1.52 bits per heavy atom. The molecular formula is C15H22N4O2. The molecule has 2 N–H and O–H groups in total. The number of nitrogens with zero attached hydrogens (tertiary/aromatic N) is 2. The molecule has 0 aromatic carbocycles. The summed E-state index contributed by atoms with van der Waals surface area (Å²) in [5, 5.41) is 6.17. The molecule has 21 heavy (non-hydrogen) atoms. The van der Waals surface area contributed by atoms with Crippen LogP contribution in [-0.4, -0.2) is 28.0 Å². The molecule has 2 unspecified atom stereocenters. The zero-order valence-corrected chi connectivity index (χ0v) is 12.7. The first-order valence-electron chi connectivity index (χ1n) is 7.17. The Balaban J connectivity index is 2.14. The first-order chi connectivity index (χ1) is 10.1. The number of furan rings is 1. The third-order valence-electron chi connectivity index (χ3n) is 3.30. The van der Waals surface area contributed by atoms with Crippen LogP contribution in [0.3, 0.4) is 0 Å². The van der Waals surface area contributed by atoms with Crippen molar-refractivity contribution in [2.75, 3.05) is 6.54 Å². The lowest BCUT2D eigenvalue weighted by molar-refractivity contribution is -0.122. The normalized spacial score (nSPS) is 13.9. The topological polar surface area (TPSA) is 72.1 Å². The molecule has 0 saturated carbocycles. The SMILES string of the molecule is CCCNC(=O)C(C)NC(c1ccco1)c1nccn1C. The van der Waals surface area contributed by atoms with Gasteiger partial charge in [-0.15, -0.1) is 0 Å². The molecule has 6 nitrogen and oxygen atoms in total. The molecule has 0 radical (unpaired) electrons. The van der Waals surface area contributed by atoms with Crippen LogP contribution in [0.1, 0.15) is 37.9 Å². The fraction of sp³-hybridized carbons (Fsp3) is 0.467. The molecule has 0 bridgehead atoms. The standard InChI is InChI=1S/C15H22N4O2/c1-4-7-17-15(20)11(2)18-13(12-6-5-10-21-12)14-16-8-9-19(14)3/h5-6,8-11,13,18H,4,7H2,1-3H3,(H,17,20). The lowest BCUT2D eigenvalue weighted by Gasteiger charge is -2.21. The molecule has 0 aliphatic heterocycles. The van der Waals surface area contributed by atoms with Gasteiger partial charge in [-0.2, -0.15) is 0 Å². The highest BCUT2D eigenvalue weighted by molar-refractivity contribution is 5.81. The Bertz CT molecular complexity index is 562. The summed E-state index contributed by atoms with van der Waals surface area (Å²) in [5.74, 6) is 1.52. The third-order valence-corrected chi connectivity index (χ3v) is 3.30. The summed E-state index contributed by atoms with van der Waals surface area (Å²) in [4.78, 5) is 16.4. The maximum Gasteiger partial charge on any atom is 0.236 e. The zero-order valence-electron chi connectivity index (χ0n) is 12.7. The molecule has 2 atom stereocenters. The molecule has 6 heteroatoms. The van der Waals surface area contributed by atoms with Crippen molar-refractivity contribution in [2.45, 2.75) is 32.4 Å². The number of hydrogen-bond acceptors (Lipinski definition) is 4. The third kappa shape index (κ3) is 3.72. The highest BCUT2D eigenvalue weighted by atomic mass is 16.3. The molecule has 0 saturated heterocycles. The Morgan fingerprint density at radius 2 is 2.33 bits per heavy atom. The van der Waals surface area contributed by atoms with Crippen LogP contribution in [0.25, 0.3) is 0 Å². The number of nitrogens with one attached hydrogen (secondary N) is 2. The molecule has 2 aromatic rings. The average molecular weight is 290 g/mol. The molecule has 0 fully saturated rings. The molecule has 2 rings (SSSR count). The number of carbonyl (C=O) groups excluding carboxylic acids is 1. The lowest BCUT2D eigenvalue weighted by Crippen LogP contribution is -2.44. The van der Waals surface area contributed by atoms with Gasteiger partial charge in [0.15, 0.2) is 0 Å². The molecule has 2 heterocycles. The van der Waals surface area contributed by atoms with E-state index in [1.165, 1.54) is 0 Å². The molecule has 2 aromatic heterocycles. The van der Waals surface area contributed by atoms with Gasteiger partial charge in [0.1, 0.15) is 17.6 Å². The number of rotatable bonds is 7.